The fourth-order valence-corrected chi connectivity index (χ4v) is 2.33. The van der Waals surface area contributed by atoms with E-state index in [4.69, 9.17) is 11.6 Å². The van der Waals surface area contributed by atoms with Gasteiger partial charge in [-0.05, 0) is 48.6 Å². The Hall–Kier alpha value is -0.530. The molecule has 0 aliphatic carbocycles. The van der Waals surface area contributed by atoms with Gasteiger partial charge in [-0.2, -0.15) is 0 Å². The van der Waals surface area contributed by atoms with Crippen molar-refractivity contribution in [3.05, 3.63) is 34.3 Å². The summed E-state index contributed by atoms with van der Waals surface area (Å²) in [5.74, 6) is 0.631. The number of hydrogen-bond donors (Lipinski definition) is 1. The molecule has 0 bridgehead atoms. The topological polar surface area (TPSA) is 12.0 Å². The maximum Gasteiger partial charge on any atom is 0.0409 e. The number of rotatable bonds is 1. The Morgan fingerprint density at radius 3 is 3.14 bits per heavy atom. The predicted octanol–water partition coefficient (Wildman–Crippen LogP) is 2.98. The van der Waals surface area contributed by atoms with Crippen molar-refractivity contribution in [2.24, 2.45) is 0 Å². The molecule has 0 fully saturated rings. The van der Waals surface area contributed by atoms with Crippen LogP contribution in [0.3, 0.4) is 0 Å². The zero-order valence-electron chi connectivity index (χ0n) is 8.52. The van der Waals surface area contributed by atoms with E-state index in [1.54, 1.807) is 0 Å². The summed E-state index contributed by atoms with van der Waals surface area (Å²) in [6.07, 6.45) is 2.31. The van der Waals surface area contributed by atoms with E-state index in [-0.39, 0.29) is 0 Å². The number of halogens is 1. The average Bonchev–Trinajstić information content (AvgIpc) is 2.39. The summed E-state index contributed by atoms with van der Waals surface area (Å²) < 4.78 is 0. The highest BCUT2D eigenvalue weighted by molar-refractivity contribution is 6.30. The molecule has 1 nitrogen and oxygen atoms in total. The van der Waals surface area contributed by atoms with Gasteiger partial charge in [0.2, 0.25) is 0 Å². The second kappa shape index (κ2) is 4.33. The highest BCUT2D eigenvalue weighted by Crippen LogP contribution is 2.27. The molecule has 1 unspecified atom stereocenters. The first kappa shape index (κ1) is 10.0. The van der Waals surface area contributed by atoms with E-state index in [1.807, 2.05) is 6.07 Å². The van der Waals surface area contributed by atoms with Gasteiger partial charge in [0.1, 0.15) is 0 Å². The number of nitrogens with one attached hydrogen (secondary N) is 1. The largest absolute Gasteiger partial charge is 0.316 e. The van der Waals surface area contributed by atoms with Crippen molar-refractivity contribution in [3.8, 4) is 0 Å². The smallest absolute Gasteiger partial charge is 0.0409 e. The van der Waals surface area contributed by atoms with Gasteiger partial charge >= 0.3 is 0 Å². The second-order valence-corrected chi connectivity index (χ2v) is 4.34. The minimum Gasteiger partial charge on any atom is -0.316 e. The summed E-state index contributed by atoms with van der Waals surface area (Å²) in [7, 11) is 0. The molecule has 2 rings (SSSR count). The van der Waals surface area contributed by atoms with Crippen molar-refractivity contribution in [2.45, 2.75) is 25.7 Å². The molecule has 0 spiro atoms. The van der Waals surface area contributed by atoms with Crippen LogP contribution in [0, 0.1) is 0 Å². The first-order chi connectivity index (χ1) is 6.81. The SMILES string of the molecule is CCC1CNCCc2ccc(Cl)cc21. The van der Waals surface area contributed by atoms with Crippen molar-refractivity contribution in [2.75, 3.05) is 13.1 Å². The molecule has 76 valence electrons. The average molecular weight is 210 g/mol. The number of benzene rings is 1. The molecule has 1 aliphatic heterocycles. The third-order valence-electron chi connectivity index (χ3n) is 3.00. The van der Waals surface area contributed by atoms with Crippen molar-refractivity contribution in [3.63, 3.8) is 0 Å². The summed E-state index contributed by atoms with van der Waals surface area (Å²) >= 11 is 6.03. The molecule has 1 aliphatic rings. The lowest BCUT2D eigenvalue weighted by atomic mass is 9.92. The molecule has 1 aromatic carbocycles. The van der Waals surface area contributed by atoms with Crippen LogP contribution >= 0.6 is 11.6 Å². The molecule has 0 aromatic heterocycles. The Morgan fingerprint density at radius 1 is 1.50 bits per heavy atom. The Balaban J connectivity index is 2.40. The molecule has 0 amide bonds. The molecule has 1 heterocycles. The van der Waals surface area contributed by atoms with Crippen molar-refractivity contribution in [1.29, 1.82) is 0 Å². The maximum atomic E-state index is 6.03. The van der Waals surface area contributed by atoms with E-state index in [0.717, 1.165) is 24.5 Å². The van der Waals surface area contributed by atoms with Crippen LogP contribution in [-0.4, -0.2) is 13.1 Å². The summed E-state index contributed by atoms with van der Waals surface area (Å²) in [5.41, 5.74) is 2.91. The van der Waals surface area contributed by atoms with Crippen LogP contribution in [0.2, 0.25) is 5.02 Å². The number of hydrogen-bond acceptors (Lipinski definition) is 1. The van der Waals surface area contributed by atoms with Gasteiger partial charge < -0.3 is 5.32 Å². The van der Waals surface area contributed by atoms with Gasteiger partial charge in [-0.15, -0.1) is 0 Å². The molecule has 0 radical (unpaired) electrons. The van der Waals surface area contributed by atoms with Gasteiger partial charge in [0, 0.05) is 11.6 Å². The zero-order valence-corrected chi connectivity index (χ0v) is 9.27. The summed E-state index contributed by atoms with van der Waals surface area (Å²) in [6.45, 7) is 4.41. The highest BCUT2D eigenvalue weighted by atomic mass is 35.5. The van der Waals surface area contributed by atoms with E-state index in [1.165, 1.54) is 17.5 Å². The molecular formula is C12H16ClN. The lowest BCUT2D eigenvalue weighted by molar-refractivity contribution is 0.595. The first-order valence-electron chi connectivity index (χ1n) is 5.30. The predicted molar refractivity (Wildman–Crippen MR) is 61.1 cm³/mol. The quantitative estimate of drug-likeness (QED) is 0.750. The van der Waals surface area contributed by atoms with Crippen LogP contribution in [-0.2, 0) is 6.42 Å². The molecule has 1 aromatic rings. The molecule has 1 atom stereocenters. The molecular weight excluding hydrogens is 194 g/mol. The van der Waals surface area contributed by atoms with Crippen molar-refractivity contribution >= 4 is 11.6 Å². The minimum absolute atomic E-state index is 0.631. The fourth-order valence-electron chi connectivity index (χ4n) is 2.15. The van der Waals surface area contributed by atoms with Crippen molar-refractivity contribution in [1.82, 2.24) is 5.32 Å². The normalized spacial score (nSPS) is 21.4. The van der Waals surface area contributed by atoms with Gasteiger partial charge in [-0.1, -0.05) is 24.6 Å². The zero-order chi connectivity index (χ0) is 9.97. The standard InChI is InChI=1S/C12H16ClN/c1-2-9-8-14-6-5-10-3-4-11(13)7-12(9)10/h3-4,7,9,14H,2,5-6,8H2,1H3. The third-order valence-corrected chi connectivity index (χ3v) is 3.24. The Morgan fingerprint density at radius 2 is 2.36 bits per heavy atom. The van der Waals surface area contributed by atoms with E-state index in [0.29, 0.717) is 5.92 Å². The summed E-state index contributed by atoms with van der Waals surface area (Å²) in [6, 6.07) is 6.31. The van der Waals surface area contributed by atoms with Crippen molar-refractivity contribution < 1.29 is 0 Å². The Kier molecular flexibility index (Phi) is 3.09. The second-order valence-electron chi connectivity index (χ2n) is 3.90. The molecule has 0 saturated carbocycles. The van der Waals surface area contributed by atoms with Crippen LogP contribution in [0.15, 0.2) is 18.2 Å². The van der Waals surface area contributed by atoms with E-state index in [2.05, 4.69) is 24.4 Å². The van der Waals surface area contributed by atoms with Gasteiger partial charge in [-0.3, -0.25) is 0 Å². The number of fused-ring (bicyclic) bond motifs is 1. The van der Waals surface area contributed by atoms with Crippen LogP contribution < -0.4 is 5.32 Å². The van der Waals surface area contributed by atoms with Crippen LogP contribution in [0.5, 0.6) is 0 Å². The van der Waals surface area contributed by atoms with Gasteiger partial charge in [0.15, 0.2) is 0 Å². The van der Waals surface area contributed by atoms with Crippen LogP contribution in [0.1, 0.15) is 30.4 Å². The summed E-state index contributed by atoms with van der Waals surface area (Å²) in [5, 5.41) is 4.34. The molecule has 1 N–H and O–H groups in total. The van der Waals surface area contributed by atoms with E-state index < -0.39 is 0 Å². The molecule has 14 heavy (non-hydrogen) atoms. The molecule has 0 saturated heterocycles. The van der Waals surface area contributed by atoms with E-state index in [9.17, 15) is 0 Å². The first-order valence-corrected chi connectivity index (χ1v) is 5.68. The van der Waals surface area contributed by atoms with E-state index >= 15 is 0 Å². The van der Waals surface area contributed by atoms with Gasteiger partial charge in [0.05, 0.1) is 0 Å². The Labute approximate surface area is 90.5 Å². The fraction of sp³-hybridized carbons (Fsp3) is 0.500. The van der Waals surface area contributed by atoms with Crippen LogP contribution in [0.25, 0.3) is 0 Å². The lowest BCUT2D eigenvalue weighted by Gasteiger charge is -2.15. The van der Waals surface area contributed by atoms with Gasteiger partial charge in [-0.25, -0.2) is 0 Å². The minimum atomic E-state index is 0.631. The third kappa shape index (κ3) is 1.94. The monoisotopic (exact) mass is 209 g/mol. The molecule has 2 heteroatoms. The van der Waals surface area contributed by atoms with Gasteiger partial charge in [0.25, 0.3) is 0 Å². The lowest BCUT2D eigenvalue weighted by Crippen LogP contribution is -2.19. The summed E-state index contributed by atoms with van der Waals surface area (Å²) in [4.78, 5) is 0. The Bertz CT molecular complexity index is 322. The van der Waals surface area contributed by atoms with Crippen LogP contribution in [0.4, 0.5) is 0 Å². The highest BCUT2D eigenvalue weighted by Gasteiger charge is 2.16. The maximum absolute atomic E-state index is 6.03.